The molecule has 0 fully saturated rings. The summed E-state index contributed by atoms with van der Waals surface area (Å²) in [5, 5.41) is 10.8. The van der Waals surface area contributed by atoms with Crippen molar-refractivity contribution in [3.05, 3.63) is 151 Å². The highest BCUT2D eigenvalue weighted by Gasteiger charge is 2.30. The predicted molar refractivity (Wildman–Crippen MR) is 211 cm³/mol. The van der Waals surface area contributed by atoms with Gasteiger partial charge in [-0.2, -0.15) is 0 Å². The number of ether oxygens (including phenoxy) is 1. The van der Waals surface area contributed by atoms with Crippen LogP contribution in [0, 0.1) is 0 Å². The minimum absolute atomic E-state index is 0.323. The molecular weight excluding hydrogens is 649 g/mol. The molecule has 2 heterocycles. The fourth-order valence-corrected chi connectivity index (χ4v) is 8.54. The van der Waals surface area contributed by atoms with Crippen LogP contribution in [0.2, 0.25) is 0 Å². The maximum atomic E-state index is 7.01. The van der Waals surface area contributed by atoms with Crippen LogP contribution in [-0.4, -0.2) is 18.0 Å². The molecule has 0 saturated carbocycles. The van der Waals surface area contributed by atoms with E-state index in [1.807, 2.05) is 18.2 Å². The third kappa shape index (κ3) is 4.96. The summed E-state index contributed by atoms with van der Waals surface area (Å²) in [7, 11) is -1.96. The van der Waals surface area contributed by atoms with Crippen LogP contribution in [0.1, 0.15) is 19.4 Å². The van der Waals surface area contributed by atoms with E-state index in [1.165, 1.54) is 0 Å². The first-order chi connectivity index (χ1) is 25.0. The molecule has 246 valence electrons. The Labute approximate surface area is 295 Å². The molecule has 51 heavy (non-hydrogen) atoms. The second kappa shape index (κ2) is 11.5. The molecule has 0 saturated heterocycles. The third-order valence-corrected chi connectivity index (χ3v) is 10.9. The molecule has 1 aliphatic heterocycles. The number of rotatable bonds is 4. The smallest absolute Gasteiger partial charge is 0.453 e. The van der Waals surface area contributed by atoms with Gasteiger partial charge in [0.05, 0.1) is 5.54 Å². The van der Waals surface area contributed by atoms with Crippen LogP contribution in [-0.2, 0) is 4.74 Å². The minimum atomic E-state index is -1.96. The highest BCUT2D eigenvalue weighted by atomic mass is 31.1. The van der Waals surface area contributed by atoms with Gasteiger partial charge in [0.2, 0.25) is 5.90 Å². The van der Waals surface area contributed by atoms with Crippen LogP contribution >= 0.6 is 8.24 Å². The van der Waals surface area contributed by atoms with Crippen molar-refractivity contribution >= 4 is 79.2 Å². The second-order valence-corrected chi connectivity index (χ2v) is 14.7. The van der Waals surface area contributed by atoms with Gasteiger partial charge in [0.1, 0.15) is 23.5 Å². The zero-order chi connectivity index (χ0) is 34.1. The molecule has 9 aromatic rings. The number of hydrogen-bond acceptors (Lipinski definition) is 5. The molecule has 0 radical (unpaired) electrons. The van der Waals surface area contributed by atoms with Gasteiger partial charge in [-0.15, -0.1) is 0 Å². The highest BCUT2D eigenvalue weighted by molar-refractivity contribution is 7.32. The Hall–Kier alpha value is -6.03. The molecule has 0 bridgehead atoms. The lowest BCUT2D eigenvalue weighted by Gasteiger charge is -2.18. The van der Waals surface area contributed by atoms with Crippen LogP contribution in [0.3, 0.4) is 0 Å². The Morgan fingerprint density at radius 2 is 1.00 bits per heavy atom. The van der Waals surface area contributed by atoms with E-state index < -0.39 is 8.24 Å². The molecule has 0 amide bonds. The topological polar surface area (TPSA) is 57.1 Å². The predicted octanol–water partition coefficient (Wildman–Crippen LogP) is 13.0. The Morgan fingerprint density at radius 3 is 1.55 bits per heavy atom. The van der Waals surface area contributed by atoms with Gasteiger partial charge in [0, 0.05) is 27.5 Å². The van der Waals surface area contributed by atoms with E-state index in [4.69, 9.17) is 22.6 Å². The van der Waals surface area contributed by atoms with Crippen LogP contribution in [0.15, 0.2) is 159 Å². The molecule has 0 spiro atoms. The van der Waals surface area contributed by atoms with Gasteiger partial charge in [0.25, 0.3) is 0 Å². The van der Waals surface area contributed by atoms with E-state index in [9.17, 15) is 0 Å². The van der Waals surface area contributed by atoms with Gasteiger partial charge in [-0.1, -0.05) is 121 Å². The van der Waals surface area contributed by atoms with Crippen molar-refractivity contribution < 1.29 is 17.7 Å². The first-order valence-electron chi connectivity index (χ1n) is 17.2. The van der Waals surface area contributed by atoms with Crippen molar-refractivity contribution in [3.8, 4) is 16.9 Å². The summed E-state index contributed by atoms with van der Waals surface area (Å²) in [6, 6.07) is 50.4. The molecule has 0 unspecified atom stereocenters. The van der Waals surface area contributed by atoms with E-state index in [0.29, 0.717) is 18.3 Å². The molecule has 0 atom stereocenters. The van der Waals surface area contributed by atoms with E-state index in [0.717, 1.165) is 81.7 Å². The zero-order valence-corrected chi connectivity index (χ0v) is 29.0. The molecule has 6 heteroatoms. The van der Waals surface area contributed by atoms with Crippen molar-refractivity contribution in [3.63, 3.8) is 0 Å². The molecule has 0 N–H and O–H groups in total. The highest BCUT2D eigenvalue weighted by Crippen LogP contribution is 2.48. The van der Waals surface area contributed by atoms with Crippen LogP contribution < -0.4 is 4.52 Å². The van der Waals surface area contributed by atoms with Gasteiger partial charge in [-0.05, 0) is 81.2 Å². The minimum Gasteiger partial charge on any atom is -0.475 e. The fourth-order valence-electron chi connectivity index (χ4n) is 7.49. The SMILES string of the molecule is CC1(C)COC(c2ccc3ccccc3c2-c2c(Op3oc4ccc5ccccc5c4c4c(ccc5ccccc54)o3)ccc3ccccc23)=N1. The average molecular weight is 682 g/mol. The van der Waals surface area contributed by atoms with Gasteiger partial charge < -0.3 is 17.7 Å². The lowest BCUT2D eigenvalue weighted by molar-refractivity contribution is 0.279. The van der Waals surface area contributed by atoms with Crippen LogP contribution in [0.4, 0.5) is 0 Å². The standard InChI is InChI=1S/C45H32NO4P/c1-45(2)27-47-44(46-45)36-23-19-28-11-3-7-15-32(28)40(36)41-33-16-8-4-12-29(33)20-24-37(41)48-51-49-38-25-21-30-13-5-9-17-34(30)42(38)43-35-18-10-6-14-31(35)22-26-39(43)50-51/h3-26H,27H2,1-2H3. The summed E-state index contributed by atoms with van der Waals surface area (Å²) < 4.78 is 27.0. The lowest BCUT2D eigenvalue weighted by Crippen LogP contribution is -2.17. The van der Waals surface area contributed by atoms with Crippen molar-refractivity contribution in [1.29, 1.82) is 0 Å². The summed E-state index contributed by atoms with van der Waals surface area (Å²) in [4.78, 5) is 5.03. The Balaban J connectivity index is 1.28. The molecule has 8 aromatic carbocycles. The number of aliphatic imine (C=N–C) groups is 1. The summed E-state index contributed by atoms with van der Waals surface area (Å²) in [5.74, 6) is 1.29. The van der Waals surface area contributed by atoms with Gasteiger partial charge >= 0.3 is 8.24 Å². The third-order valence-electron chi connectivity index (χ3n) is 9.82. The van der Waals surface area contributed by atoms with E-state index in [2.05, 4.69) is 141 Å². The number of fused-ring (bicyclic) bond motifs is 9. The Morgan fingerprint density at radius 1 is 0.529 bits per heavy atom. The Kier molecular flexibility index (Phi) is 6.74. The van der Waals surface area contributed by atoms with Crippen molar-refractivity contribution in [2.45, 2.75) is 19.4 Å². The summed E-state index contributed by atoms with van der Waals surface area (Å²) in [5.41, 5.74) is 3.98. The van der Waals surface area contributed by atoms with Gasteiger partial charge in [-0.3, -0.25) is 0 Å². The zero-order valence-electron chi connectivity index (χ0n) is 28.1. The van der Waals surface area contributed by atoms with E-state index >= 15 is 0 Å². The number of benzene rings is 8. The second-order valence-electron chi connectivity index (χ2n) is 13.7. The number of hydrogen-bond donors (Lipinski definition) is 0. The maximum Gasteiger partial charge on any atom is 0.453 e. The van der Waals surface area contributed by atoms with Crippen LogP contribution in [0.25, 0.3) is 76.2 Å². The molecule has 5 nitrogen and oxygen atoms in total. The molecule has 1 aliphatic rings. The van der Waals surface area contributed by atoms with Gasteiger partial charge in [-0.25, -0.2) is 4.99 Å². The maximum absolute atomic E-state index is 7.01. The fraction of sp³-hybridized carbons (Fsp3) is 0.0889. The summed E-state index contributed by atoms with van der Waals surface area (Å²) in [6.45, 7) is 4.71. The van der Waals surface area contributed by atoms with E-state index in [1.54, 1.807) is 0 Å². The molecular formula is C45H32NO4P. The van der Waals surface area contributed by atoms with Gasteiger partial charge in [0.15, 0.2) is 0 Å². The van der Waals surface area contributed by atoms with E-state index in [-0.39, 0.29) is 5.54 Å². The summed E-state index contributed by atoms with van der Waals surface area (Å²) >= 11 is 0. The lowest BCUT2D eigenvalue weighted by atomic mass is 9.89. The first kappa shape index (κ1) is 29.8. The molecule has 1 aromatic heterocycles. The van der Waals surface area contributed by atoms with Crippen molar-refractivity contribution in [1.82, 2.24) is 0 Å². The average Bonchev–Trinajstić information content (AvgIpc) is 3.44. The first-order valence-corrected chi connectivity index (χ1v) is 18.3. The largest absolute Gasteiger partial charge is 0.475 e. The monoisotopic (exact) mass is 681 g/mol. The Bertz CT molecular complexity index is 2840. The molecule has 10 rings (SSSR count). The molecule has 0 aliphatic carbocycles. The van der Waals surface area contributed by atoms with Crippen LogP contribution in [0.5, 0.6) is 5.75 Å². The van der Waals surface area contributed by atoms with Crippen molar-refractivity contribution in [2.75, 3.05) is 6.61 Å². The number of nitrogens with zero attached hydrogens (tertiary/aromatic N) is 1. The quantitative estimate of drug-likeness (QED) is 0.185. The normalized spacial score (nSPS) is 14.0. The van der Waals surface area contributed by atoms with Crippen molar-refractivity contribution in [2.24, 2.45) is 4.99 Å². The summed E-state index contributed by atoms with van der Waals surface area (Å²) in [6.07, 6.45) is 0.